The molecule has 0 saturated carbocycles. The van der Waals surface area contributed by atoms with E-state index in [0.29, 0.717) is 24.4 Å². The molecule has 0 unspecified atom stereocenters. The zero-order valence-corrected chi connectivity index (χ0v) is 18.2. The molecule has 0 spiro atoms. The molecule has 158 valence electrons. The molecule has 6 nitrogen and oxygen atoms in total. The number of phenols is 1. The van der Waals surface area contributed by atoms with E-state index >= 15 is 0 Å². The van der Waals surface area contributed by atoms with Gasteiger partial charge >= 0.3 is 0 Å². The minimum Gasteiger partial charge on any atom is -0.505 e. The molecule has 0 saturated heterocycles. The number of anilines is 1. The van der Waals surface area contributed by atoms with E-state index in [9.17, 15) is 9.90 Å². The summed E-state index contributed by atoms with van der Waals surface area (Å²) in [4.78, 5) is 12.5. The molecule has 0 bridgehead atoms. The second kappa shape index (κ2) is 9.57. The minimum atomic E-state index is -0.209. The van der Waals surface area contributed by atoms with Gasteiger partial charge < -0.3 is 5.11 Å². The fraction of sp³-hybridized carbons (Fsp3) is 0.375. The van der Waals surface area contributed by atoms with Gasteiger partial charge in [-0.15, -0.1) is 0 Å². The zero-order valence-electron chi connectivity index (χ0n) is 18.2. The van der Waals surface area contributed by atoms with Gasteiger partial charge in [-0.25, -0.2) is 5.01 Å². The fourth-order valence-electron chi connectivity index (χ4n) is 3.48. The van der Waals surface area contributed by atoms with Crippen LogP contribution in [0.1, 0.15) is 48.9 Å². The third-order valence-corrected chi connectivity index (χ3v) is 5.35. The van der Waals surface area contributed by atoms with Crippen LogP contribution < -0.4 is 5.43 Å². The Labute approximate surface area is 178 Å². The van der Waals surface area contributed by atoms with Crippen LogP contribution in [-0.2, 0) is 17.6 Å². The summed E-state index contributed by atoms with van der Waals surface area (Å²) < 4.78 is 0. The number of carbonyl (C=O) groups excluding carboxylic acids is 1. The number of nitrogens with zero attached hydrogens (tertiary/aromatic N) is 3. The van der Waals surface area contributed by atoms with Crippen molar-refractivity contribution >= 4 is 23.0 Å². The summed E-state index contributed by atoms with van der Waals surface area (Å²) in [6, 6.07) is 12.0. The summed E-state index contributed by atoms with van der Waals surface area (Å²) in [6.07, 6.45) is 3.44. The predicted octanol–water partition coefficient (Wildman–Crippen LogP) is 4.58. The van der Waals surface area contributed by atoms with Crippen molar-refractivity contribution in [3.8, 4) is 5.75 Å². The lowest BCUT2D eigenvalue weighted by molar-refractivity contribution is -0.123. The smallest absolute Gasteiger partial charge is 0.296 e. The average Bonchev–Trinajstić information content (AvgIpc) is 3.00. The van der Waals surface area contributed by atoms with Gasteiger partial charge in [-0.05, 0) is 62.8 Å². The highest BCUT2D eigenvalue weighted by Crippen LogP contribution is 2.29. The number of aromatic hydroxyl groups is 1. The normalized spacial score (nSPS) is 15.1. The predicted molar refractivity (Wildman–Crippen MR) is 122 cm³/mol. The molecule has 0 atom stereocenters. The van der Waals surface area contributed by atoms with Gasteiger partial charge in [0.25, 0.3) is 5.91 Å². The molecule has 6 heteroatoms. The highest BCUT2D eigenvalue weighted by Gasteiger charge is 2.29. The first-order chi connectivity index (χ1) is 14.4. The molecule has 2 N–H and O–H groups in total. The Morgan fingerprint density at radius 3 is 2.63 bits per heavy atom. The number of nitrogens with one attached hydrogen (secondary N) is 1. The third-order valence-electron chi connectivity index (χ3n) is 5.35. The lowest BCUT2D eigenvalue weighted by Crippen LogP contribution is -2.28. The number of carbonyl (C=O) groups is 1. The van der Waals surface area contributed by atoms with E-state index in [2.05, 4.69) is 54.6 Å². The summed E-state index contributed by atoms with van der Waals surface area (Å²) >= 11 is 0. The van der Waals surface area contributed by atoms with E-state index < -0.39 is 0 Å². The second-order valence-corrected chi connectivity index (χ2v) is 7.78. The Kier molecular flexibility index (Phi) is 6.87. The average molecular weight is 407 g/mol. The summed E-state index contributed by atoms with van der Waals surface area (Å²) in [5.41, 5.74) is 8.81. The minimum absolute atomic E-state index is 0.162. The molecule has 30 heavy (non-hydrogen) atoms. The molecular weight excluding hydrogens is 376 g/mol. The van der Waals surface area contributed by atoms with Crippen LogP contribution in [0.15, 0.2) is 46.6 Å². The Hall–Kier alpha value is -3.15. The van der Waals surface area contributed by atoms with Crippen LogP contribution in [0.3, 0.4) is 0 Å². The van der Waals surface area contributed by atoms with E-state index in [1.165, 1.54) is 21.7 Å². The monoisotopic (exact) mass is 406 g/mol. The van der Waals surface area contributed by atoms with Gasteiger partial charge in [0.05, 0.1) is 11.4 Å². The van der Waals surface area contributed by atoms with Crippen molar-refractivity contribution in [2.75, 3.05) is 12.0 Å². The Balaban J connectivity index is 1.71. The molecule has 0 aliphatic carbocycles. The first kappa shape index (κ1) is 21.6. The number of benzene rings is 2. The zero-order chi connectivity index (χ0) is 21.7. The molecule has 1 amide bonds. The fourth-order valence-corrected chi connectivity index (χ4v) is 3.48. The Morgan fingerprint density at radius 1 is 1.10 bits per heavy atom. The number of hydrogen-bond donors (Lipinski definition) is 2. The third kappa shape index (κ3) is 4.87. The number of rotatable bonds is 8. The van der Waals surface area contributed by atoms with Crippen LogP contribution in [0.5, 0.6) is 5.75 Å². The van der Waals surface area contributed by atoms with Crippen LogP contribution in [0.4, 0.5) is 5.69 Å². The topological polar surface area (TPSA) is 77.3 Å². The summed E-state index contributed by atoms with van der Waals surface area (Å²) in [5, 5.41) is 20.7. The van der Waals surface area contributed by atoms with E-state index in [1.54, 1.807) is 13.0 Å². The van der Waals surface area contributed by atoms with Crippen molar-refractivity contribution in [3.63, 3.8) is 0 Å². The highest BCUT2D eigenvalue weighted by molar-refractivity contribution is 6.68. The van der Waals surface area contributed by atoms with Gasteiger partial charge in [0, 0.05) is 6.54 Å². The van der Waals surface area contributed by atoms with Crippen LogP contribution >= 0.6 is 0 Å². The quantitative estimate of drug-likeness (QED) is 0.498. The second-order valence-electron chi connectivity index (χ2n) is 7.78. The lowest BCUT2D eigenvalue weighted by Gasteiger charge is -2.12. The van der Waals surface area contributed by atoms with Crippen LogP contribution in [0, 0.1) is 13.8 Å². The van der Waals surface area contributed by atoms with Gasteiger partial charge in [-0.2, -0.15) is 10.2 Å². The van der Waals surface area contributed by atoms with E-state index in [0.717, 1.165) is 24.8 Å². The summed E-state index contributed by atoms with van der Waals surface area (Å²) in [5.74, 6) is -0.0472. The van der Waals surface area contributed by atoms with Gasteiger partial charge in [0.15, 0.2) is 5.71 Å². The summed E-state index contributed by atoms with van der Waals surface area (Å²) in [7, 11) is 0. The molecule has 0 fully saturated rings. The Bertz CT molecular complexity index is 995. The molecule has 2 aromatic rings. The van der Waals surface area contributed by atoms with Crippen molar-refractivity contribution in [1.82, 2.24) is 5.01 Å². The van der Waals surface area contributed by atoms with Crippen molar-refractivity contribution in [2.24, 2.45) is 10.2 Å². The van der Waals surface area contributed by atoms with E-state index in [-0.39, 0.29) is 17.4 Å². The van der Waals surface area contributed by atoms with Crippen LogP contribution in [0.25, 0.3) is 0 Å². The first-order valence-corrected chi connectivity index (χ1v) is 10.5. The number of para-hydroxylation sites is 1. The molecule has 1 aliphatic heterocycles. The highest BCUT2D eigenvalue weighted by atomic mass is 16.3. The van der Waals surface area contributed by atoms with Crippen molar-refractivity contribution in [1.29, 1.82) is 0 Å². The number of unbranched alkanes of at least 4 members (excludes halogenated alkanes) is 1. The maximum absolute atomic E-state index is 12.5. The van der Waals surface area contributed by atoms with Crippen molar-refractivity contribution in [3.05, 3.63) is 58.7 Å². The maximum atomic E-state index is 12.5. The van der Waals surface area contributed by atoms with Gasteiger partial charge in [-0.3, -0.25) is 10.2 Å². The first-order valence-electron chi connectivity index (χ1n) is 10.5. The summed E-state index contributed by atoms with van der Waals surface area (Å²) in [6.45, 7) is 8.62. The lowest BCUT2D eigenvalue weighted by atomic mass is 9.98. The number of hydrazone groups is 2. The maximum Gasteiger partial charge on any atom is 0.296 e. The number of aryl methyl sites for hydroxylation is 4. The molecule has 0 aromatic heterocycles. The van der Waals surface area contributed by atoms with Gasteiger partial charge in [0.2, 0.25) is 0 Å². The van der Waals surface area contributed by atoms with Crippen LogP contribution in [-0.4, -0.2) is 34.0 Å². The van der Waals surface area contributed by atoms with E-state index in [1.807, 2.05) is 12.1 Å². The number of hydrogen-bond acceptors (Lipinski definition) is 5. The number of amides is 1. The van der Waals surface area contributed by atoms with Gasteiger partial charge in [0.1, 0.15) is 5.75 Å². The molecule has 3 rings (SSSR count). The Morgan fingerprint density at radius 2 is 1.87 bits per heavy atom. The SMILES string of the molecule is CCCCN1N=C(C)/C(=N/Nc2cccc(CCc3cc(C)ccc3C)c2O)C1=O. The van der Waals surface area contributed by atoms with E-state index in [4.69, 9.17) is 0 Å². The van der Waals surface area contributed by atoms with Crippen molar-refractivity contribution in [2.45, 2.75) is 53.4 Å². The molecule has 1 aliphatic rings. The van der Waals surface area contributed by atoms with Gasteiger partial charge in [-0.1, -0.05) is 49.2 Å². The largest absolute Gasteiger partial charge is 0.505 e. The van der Waals surface area contributed by atoms with Crippen molar-refractivity contribution < 1.29 is 9.90 Å². The molecule has 0 radical (unpaired) electrons. The standard InChI is InChI=1S/C24H30N4O2/c1-5-6-14-28-24(30)22(18(4)27-28)26-25-21-9-7-8-19(23(21)29)12-13-20-15-16(2)10-11-17(20)3/h7-11,15,25,29H,5-6,12-14H2,1-4H3/b26-22-. The molecular formula is C24H30N4O2. The number of phenolic OH excluding ortho intramolecular Hbond substituents is 1. The molecule has 1 heterocycles. The van der Waals surface area contributed by atoms with Crippen LogP contribution in [0.2, 0.25) is 0 Å². The molecule has 2 aromatic carbocycles.